The topological polar surface area (TPSA) is 47.6 Å². The second-order valence-corrected chi connectivity index (χ2v) is 5.71. The Labute approximate surface area is 145 Å². The third-order valence-electron chi connectivity index (χ3n) is 3.21. The van der Waals surface area contributed by atoms with E-state index in [-0.39, 0.29) is 5.91 Å². The summed E-state index contributed by atoms with van der Waals surface area (Å²) in [6.45, 7) is 1.97. The molecule has 0 saturated carbocycles. The molecule has 1 unspecified atom stereocenters. The van der Waals surface area contributed by atoms with Crippen LogP contribution >= 0.6 is 23.2 Å². The molecule has 0 saturated heterocycles. The quantitative estimate of drug-likeness (QED) is 0.850. The maximum Gasteiger partial charge on any atom is 0.261 e. The van der Waals surface area contributed by atoms with E-state index in [1.807, 2.05) is 12.1 Å². The van der Waals surface area contributed by atoms with Gasteiger partial charge in [0.2, 0.25) is 0 Å². The Kier molecular flexibility index (Phi) is 6.13. The maximum atomic E-state index is 12.2. The molecule has 0 fully saturated rings. The summed E-state index contributed by atoms with van der Waals surface area (Å²) in [5, 5.41) is 3.85. The van der Waals surface area contributed by atoms with Crippen LogP contribution in [0.3, 0.4) is 0 Å². The van der Waals surface area contributed by atoms with E-state index in [0.29, 0.717) is 28.1 Å². The van der Waals surface area contributed by atoms with Gasteiger partial charge in [0.15, 0.2) is 17.6 Å². The molecule has 6 heteroatoms. The highest BCUT2D eigenvalue weighted by molar-refractivity contribution is 6.35. The number of carbonyl (C=O) groups excluding carboxylic acids is 1. The van der Waals surface area contributed by atoms with Gasteiger partial charge in [0.05, 0.1) is 7.11 Å². The number of methoxy groups -OCH3 is 1. The smallest absolute Gasteiger partial charge is 0.261 e. The highest BCUT2D eigenvalue weighted by atomic mass is 35.5. The Morgan fingerprint density at radius 3 is 2.52 bits per heavy atom. The zero-order chi connectivity index (χ0) is 16.8. The molecule has 0 aliphatic rings. The first-order valence-electron chi connectivity index (χ1n) is 7.02. The van der Waals surface area contributed by atoms with Crippen LogP contribution in [0, 0.1) is 0 Å². The van der Waals surface area contributed by atoms with E-state index in [1.54, 1.807) is 44.4 Å². The molecule has 0 heterocycles. The van der Waals surface area contributed by atoms with Gasteiger partial charge >= 0.3 is 0 Å². The number of carbonyl (C=O) groups is 1. The van der Waals surface area contributed by atoms with Crippen molar-refractivity contribution < 1.29 is 14.3 Å². The van der Waals surface area contributed by atoms with E-state index in [2.05, 4.69) is 5.32 Å². The summed E-state index contributed by atoms with van der Waals surface area (Å²) in [6, 6.07) is 12.3. The molecule has 1 atom stereocenters. The zero-order valence-corrected chi connectivity index (χ0v) is 14.3. The first kappa shape index (κ1) is 17.4. The fourth-order valence-electron chi connectivity index (χ4n) is 1.95. The van der Waals surface area contributed by atoms with Gasteiger partial charge in [-0.05, 0) is 36.8 Å². The number of ether oxygens (including phenoxy) is 2. The van der Waals surface area contributed by atoms with E-state index in [4.69, 9.17) is 32.7 Å². The lowest BCUT2D eigenvalue weighted by Gasteiger charge is -2.16. The van der Waals surface area contributed by atoms with Crippen LogP contribution < -0.4 is 14.8 Å². The number of halogens is 2. The molecular weight excluding hydrogens is 337 g/mol. The van der Waals surface area contributed by atoms with Gasteiger partial charge in [-0.2, -0.15) is 0 Å². The number of amides is 1. The lowest BCUT2D eigenvalue weighted by atomic mass is 10.2. The summed E-state index contributed by atoms with van der Waals surface area (Å²) >= 11 is 11.9. The predicted molar refractivity (Wildman–Crippen MR) is 91.4 cm³/mol. The standard InChI is InChI=1S/C17H17Cl2NO3/c1-11(23-16-6-4-3-5-15(16)22-2)17(21)20-10-12-7-8-13(18)9-14(12)19/h3-9,11H,10H2,1-2H3,(H,20,21). The number of hydrogen-bond donors (Lipinski definition) is 1. The van der Waals surface area contributed by atoms with Crippen LogP contribution in [0.2, 0.25) is 10.0 Å². The minimum Gasteiger partial charge on any atom is -0.493 e. The van der Waals surface area contributed by atoms with Crippen molar-refractivity contribution in [1.82, 2.24) is 5.32 Å². The highest BCUT2D eigenvalue weighted by Crippen LogP contribution is 2.27. The van der Waals surface area contributed by atoms with Crippen LogP contribution in [0.5, 0.6) is 11.5 Å². The summed E-state index contributed by atoms with van der Waals surface area (Å²) in [6.07, 6.45) is -0.669. The Balaban J connectivity index is 1.95. The minimum atomic E-state index is -0.669. The molecular formula is C17H17Cl2NO3. The van der Waals surface area contributed by atoms with Gasteiger partial charge in [0.25, 0.3) is 5.91 Å². The van der Waals surface area contributed by atoms with Gasteiger partial charge in [0, 0.05) is 16.6 Å². The molecule has 23 heavy (non-hydrogen) atoms. The summed E-state index contributed by atoms with van der Waals surface area (Å²) in [7, 11) is 1.55. The van der Waals surface area contributed by atoms with Crippen LogP contribution in [0.4, 0.5) is 0 Å². The summed E-state index contributed by atoms with van der Waals surface area (Å²) in [5.41, 5.74) is 0.786. The second-order valence-electron chi connectivity index (χ2n) is 4.86. The van der Waals surface area contributed by atoms with Crippen LogP contribution in [0.1, 0.15) is 12.5 Å². The Morgan fingerprint density at radius 2 is 1.87 bits per heavy atom. The Morgan fingerprint density at radius 1 is 1.17 bits per heavy atom. The van der Waals surface area contributed by atoms with Crippen molar-refractivity contribution in [3.05, 3.63) is 58.1 Å². The molecule has 1 N–H and O–H groups in total. The molecule has 0 aliphatic carbocycles. The van der Waals surface area contributed by atoms with Crippen LogP contribution in [-0.2, 0) is 11.3 Å². The maximum absolute atomic E-state index is 12.2. The van der Waals surface area contributed by atoms with E-state index in [0.717, 1.165) is 5.56 Å². The number of rotatable bonds is 6. The van der Waals surface area contributed by atoms with Gasteiger partial charge in [-0.1, -0.05) is 41.4 Å². The van der Waals surface area contributed by atoms with Crippen LogP contribution in [0.15, 0.2) is 42.5 Å². The number of nitrogens with one attached hydrogen (secondary N) is 1. The van der Waals surface area contributed by atoms with Gasteiger partial charge in [-0.25, -0.2) is 0 Å². The Hall–Kier alpha value is -1.91. The zero-order valence-electron chi connectivity index (χ0n) is 12.8. The van der Waals surface area contributed by atoms with Crippen molar-refractivity contribution in [3.63, 3.8) is 0 Å². The van der Waals surface area contributed by atoms with Gasteiger partial charge in [0.1, 0.15) is 0 Å². The summed E-state index contributed by atoms with van der Waals surface area (Å²) in [5.74, 6) is 0.844. The van der Waals surface area contributed by atoms with Crippen molar-refractivity contribution in [2.75, 3.05) is 7.11 Å². The largest absolute Gasteiger partial charge is 0.493 e. The fraction of sp³-hybridized carbons (Fsp3) is 0.235. The molecule has 1 amide bonds. The minimum absolute atomic E-state index is 0.248. The van der Waals surface area contributed by atoms with E-state index >= 15 is 0 Å². The monoisotopic (exact) mass is 353 g/mol. The summed E-state index contributed by atoms with van der Waals surface area (Å²) < 4.78 is 10.8. The summed E-state index contributed by atoms with van der Waals surface area (Å²) in [4.78, 5) is 12.2. The molecule has 0 radical (unpaired) electrons. The second kappa shape index (κ2) is 8.09. The molecule has 2 aromatic carbocycles. The van der Waals surface area contributed by atoms with Gasteiger partial charge < -0.3 is 14.8 Å². The third-order valence-corrected chi connectivity index (χ3v) is 3.80. The molecule has 0 bridgehead atoms. The van der Waals surface area contributed by atoms with Crippen molar-refractivity contribution in [3.8, 4) is 11.5 Å². The van der Waals surface area contributed by atoms with Crippen molar-refractivity contribution in [2.24, 2.45) is 0 Å². The van der Waals surface area contributed by atoms with Crippen molar-refractivity contribution >= 4 is 29.1 Å². The van der Waals surface area contributed by atoms with Crippen LogP contribution in [-0.4, -0.2) is 19.1 Å². The molecule has 2 rings (SSSR count). The number of benzene rings is 2. The first-order valence-corrected chi connectivity index (χ1v) is 7.78. The molecule has 4 nitrogen and oxygen atoms in total. The fourth-order valence-corrected chi connectivity index (χ4v) is 2.43. The average molecular weight is 354 g/mol. The van der Waals surface area contributed by atoms with Crippen LogP contribution in [0.25, 0.3) is 0 Å². The van der Waals surface area contributed by atoms with E-state index in [1.165, 1.54) is 0 Å². The first-order chi connectivity index (χ1) is 11.0. The molecule has 0 aliphatic heterocycles. The lowest BCUT2D eigenvalue weighted by Crippen LogP contribution is -2.36. The average Bonchev–Trinajstić information content (AvgIpc) is 2.54. The molecule has 0 aromatic heterocycles. The van der Waals surface area contributed by atoms with Gasteiger partial charge in [-0.3, -0.25) is 4.79 Å². The van der Waals surface area contributed by atoms with Crippen molar-refractivity contribution in [2.45, 2.75) is 19.6 Å². The molecule has 0 spiro atoms. The third kappa shape index (κ3) is 4.78. The van der Waals surface area contributed by atoms with Crippen molar-refractivity contribution in [1.29, 1.82) is 0 Å². The number of hydrogen-bond acceptors (Lipinski definition) is 3. The van der Waals surface area contributed by atoms with Gasteiger partial charge in [-0.15, -0.1) is 0 Å². The molecule has 122 valence electrons. The lowest BCUT2D eigenvalue weighted by molar-refractivity contribution is -0.127. The predicted octanol–water partition coefficient (Wildman–Crippen LogP) is 4.09. The normalized spacial score (nSPS) is 11.7. The SMILES string of the molecule is COc1ccccc1OC(C)C(=O)NCc1ccc(Cl)cc1Cl. The van der Waals surface area contributed by atoms with E-state index < -0.39 is 6.10 Å². The molecule has 2 aromatic rings. The van der Waals surface area contributed by atoms with E-state index in [9.17, 15) is 4.79 Å². The number of para-hydroxylation sites is 2. The highest BCUT2D eigenvalue weighted by Gasteiger charge is 2.16. The Bertz CT molecular complexity index is 691.